The minimum absolute atomic E-state index is 0.00640. The molecule has 140 valence electrons. The third kappa shape index (κ3) is 3.54. The fraction of sp³-hybridized carbons (Fsp3) is 0.167. The zero-order chi connectivity index (χ0) is 19.8. The molecule has 0 N–H and O–H groups in total. The molecule has 0 radical (unpaired) electrons. The predicted molar refractivity (Wildman–Crippen MR) is 99.6 cm³/mol. The van der Waals surface area contributed by atoms with Crippen LogP contribution >= 0.6 is 0 Å². The van der Waals surface area contributed by atoms with Gasteiger partial charge < -0.3 is 9.32 Å². The van der Waals surface area contributed by atoms with Gasteiger partial charge in [0.05, 0.1) is 9.82 Å². The van der Waals surface area contributed by atoms with Gasteiger partial charge in [0.15, 0.2) is 0 Å². The summed E-state index contributed by atoms with van der Waals surface area (Å²) < 4.78 is 31.7. The van der Waals surface area contributed by atoms with Gasteiger partial charge in [-0.05, 0) is 25.1 Å². The molecule has 0 saturated carbocycles. The predicted octanol–water partition coefficient (Wildman–Crippen LogP) is 3.46. The van der Waals surface area contributed by atoms with Gasteiger partial charge in [0.2, 0.25) is 26.6 Å². The molecule has 0 aliphatic heterocycles. The van der Waals surface area contributed by atoms with Crippen LogP contribution in [0.3, 0.4) is 0 Å². The number of hydrogen-bond acceptors (Lipinski definition) is 7. The van der Waals surface area contributed by atoms with Crippen LogP contribution in [0.4, 0.5) is 11.6 Å². The normalized spacial score (nSPS) is 11.4. The van der Waals surface area contributed by atoms with Gasteiger partial charge in [0.1, 0.15) is 0 Å². The van der Waals surface area contributed by atoms with Crippen LogP contribution in [-0.4, -0.2) is 32.4 Å². The summed E-state index contributed by atoms with van der Waals surface area (Å²) in [7, 11) is -0.664. The third-order valence-corrected chi connectivity index (χ3v) is 5.54. The van der Waals surface area contributed by atoms with Crippen molar-refractivity contribution in [1.82, 2.24) is 4.98 Å². The van der Waals surface area contributed by atoms with Gasteiger partial charge in [-0.2, -0.15) is 4.98 Å². The van der Waals surface area contributed by atoms with Crippen molar-refractivity contribution in [1.29, 1.82) is 0 Å². The van der Waals surface area contributed by atoms with Gasteiger partial charge in [0.25, 0.3) is 5.69 Å². The van der Waals surface area contributed by atoms with Crippen LogP contribution in [0.15, 0.2) is 62.9 Å². The summed E-state index contributed by atoms with van der Waals surface area (Å²) in [4.78, 5) is 16.2. The van der Waals surface area contributed by atoms with E-state index in [1.807, 2.05) is 6.92 Å². The Morgan fingerprint density at radius 3 is 2.37 bits per heavy atom. The fourth-order valence-corrected chi connectivity index (χ4v) is 3.84. The largest absolute Gasteiger partial charge is 0.419 e. The maximum absolute atomic E-state index is 13.0. The van der Waals surface area contributed by atoms with E-state index in [2.05, 4.69) is 4.98 Å². The highest BCUT2D eigenvalue weighted by Gasteiger charge is 2.29. The molecule has 8 nitrogen and oxygen atoms in total. The molecule has 2 aromatic carbocycles. The molecule has 0 amide bonds. The van der Waals surface area contributed by atoms with Crippen LogP contribution in [0.5, 0.6) is 0 Å². The summed E-state index contributed by atoms with van der Waals surface area (Å²) in [5.74, 6) is 0.0465. The Labute approximate surface area is 156 Å². The van der Waals surface area contributed by atoms with E-state index in [9.17, 15) is 18.5 Å². The van der Waals surface area contributed by atoms with Crippen molar-refractivity contribution in [2.45, 2.75) is 16.8 Å². The Kier molecular flexibility index (Phi) is 4.71. The first kappa shape index (κ1) is 18.6. The van der Waals surface area contributed by atoms with Crippen LogP contribution in [0.25, 0.3) is 11.5 Å². The highest BCUT2D eigenvalue weighted by Crippen LogP contribution is 2.34. The molecule has 27 heavy (non-hydrogen) atoms. The summed E-state index contributed by atoms with van der Waals surface area (Å²) >= 11 is 0. The van der Waals surface area contributed by atoms with Gasteiger partial charge in [0, 0.05) is 31.8 Å². The first-order chi connectivity index (χ1) is 12.7. The Morgan fingerprint density at radius 2 is 1.78 bits per heavy atom. The first-order valence-electron chi connectivity index (χ1n) is 7.95. The van der Waals surface area contributed by atoms with E-state index in [1.54, 1.807) is 32.3 Å². The molecule has 0 aliphatic carbocycles. The van der Waals surface area contributed by atoms with Crippen LogP contribution in [0.1, 0.15) is 5.56 Å². The van der Waals surface area contributed by atoms with Crippen molar-refractivity contribution >= 4 is 21.4 Å². The number of rotatable bonds is 5. The summed E-state index contributed by atoms with van der Waals surface area (Å²) in [5, 5.41) is 10.7. The van der Waals surface area contributed by atoms with Crippen LogP contribution in [-0.2, 0) is 9.84 Å². The van der Waals surface area contributed by atoms with Crippen molar-refractivity contribution in [3.8, 4) is 11.5 Å². The standard InChI is InChI=1S/C18H17N3O5S/c1-12-7-9-15(10-8-12)27(24,25)17-18(20(2)3)26-16(19-17)13-5-4-6-14(11-13)21(22)23/h4-11H,1-3H3. The maximum atomic E-state index is 13.0. The smallest absolute Gasteiger partial charge is 0.270 e. The van der Waals surface area contributed by atoms with E-state index in [4.69, 9.17) is 4.42 Å². The number of benzene rings is 2. The SMILES string of the molecule is Cc1ccc(S(=O)(=O)c2nc(-c3cccc([N+](=O)[O-])c3)oc2N(C)C)cc1. The molecule has 0 spiro atoms. The van der Waals surface area contributed by atoms with Gasteiger partial charge in [-0.15, -0.1) is 0 Å². The molecule has 1 heterocycles. The van der Waals surface area contributed by atoms with Crippen molar-refractivity contribution in [2.75, 3.05) is 19.0 Å². The number of nitro benzene ring substituents is 1. The van der Waals surface area contributed by atoms with Crippen molar-refractivity contribution in [3.63, 3.8) is 0 Å². The molecule has 0 atom stereocenters. The van der Waals surface area contributed by atoms with Gasteiger partial charge >= 0.3 is 0 Å². The number of nitrogens with zero attached hydrogens (tertiary/aromatic N) is 3. The van der Waals surface area contributed by atoms with E-state index in [0.717, 1.165) is 5.56 Å². The molecule has 3 aromatic rings. The van der Waals surface area contributed by atoms with Gasteiger partial charge in [-0.3, -0.25) is 10.1 Å². The van der Waals surface area contributed by atoms with Crippen molar-refractivity contribution in [3.05, 3.63) is 64.2 Å². The lowest BCUT2D eigenvalue weighted by Crippen LogP contribution is -2.13. The molecule has 0 aliphatic rings. The van der Waals surface area contributed by atoms with Crippen LogP contribution in [0.2, 0.25) is 0 Å². The van der Waals surface area contributed by atoms with Gasteiger partial charge in [-0.25, -0.2) is 8.42 Å². The minimum atomic E-state index is -3.93. The molecule has 1 aromatic heterocycles. The lowest BCUT2D eigenvalue weighted by atomic mass is 10.2. The molecule has 0 unspecified atom stereocenters. The average Bonchev–Trinajstić information content (AvgIpc) is 3.09. The lowest BCUT2D eigenvalue weighted by Gasteiger charge is -2.10. The van der Waals surface area contributed by atoms with E-state index >= 15 is 0 Å². The summed E-state index contributed by atoms with van der Waals surface area (Å²) in [6.07, 6.45) is 0. The highest BCUT2D eigenvalue weighted by molar-refractivity contribution is 7.91. The molecular formula is C18H17N3O5S. The number of anilines is 1. The molecule has 9 heteroatoms. The van der Waals surface area contributed by atoms with E-state index in [0.29, 0.717) is 5.56 Å². The lowest BCUT2D eigenvalue weighted by molar-refractivity contribution is -0.384. The van der Waals surface area contributed by atoms with E-state index in [-0.39, 0.29) is 27.4 Å². The summed E-state index contributed by atoms with van der Waals surface area (Å²) in [5.41, 5.74) is 1.11. The second-order valence-corrected chi connectivity index (χ2v) is 8.01. The molecular weight excluding hydrogens is 370 g/mol. The number of nitro groups is 1. The van der Waals surface area contributed by atoms with Crippen molar-refractivity contribution in [2.24, 2.45) is 0 Å². The number of hydrogen-bond donors (Lipinski definition) is 0. The van der Waals surface area contributed by atoms with E-state index in [1.165, 1.54) is 35.2 Å². The Hall–Kier alpha value is -3.20. The monoisotopic (exact) mass is 387 g/mol. The second-order valence-electron chi connectivity index (χ2n) is 6.15. The number of aromatic nitrogens is 1. The minimum Gasteiger partial charge on any atom is -0.419 e. The second kappa shape index (κ2) is 6.84. The van der Waals surface area contributed by atoms with Crippen LogP contribution in [0, 0.1) is 17.0 Å². The highest BCUT2D eigenvalue weighted by atomic mass is 32.2. The number of sulfone groups is 1. The quantitative estimate of drug-likeness (QED) is 0.487. The van der Waals surface area contributed by atoms with Crippen molar-refractivity contribution < 1.29 is 17.8 Å². The number of oxazole rings is 1. The summed E-state index contributed by atoms with van der Waals surface area (Å²) in [6.45, 7) is 1.86. The average molecular weight is 387 g/mol. The molecule has 0 bridgehead atoms. The zero-order valence-corrected chi connectivity index (χ0v) is 15.7. The number of aryl methyl sites for hydroxylation is 1. The molecule has 0 fully saturated rings. The van der Waals surface area contributed by atoms with Crippen LogP contribution < -0.4 is 4.90 Å². The maximum Gasteiger partial charge on any atom is 0.270 e. The molecule has 3 rings (SSSR count). The molecule has 0 saturated heterocycles. The summed E-state index contributed by atoms with van der Waals surface area (Å²) in [6, 6.07) is 12.1. The third-order valence-electron chi connectivity index (χ3n) is 3.88. The Balaban J connectivity index is 2.16. The zero-order valence-electron chi connectivity index (χ0n) is 14.9. The topological polar surface area (TPSA) is 107 Å². The Morgan fingerprint density at radius 1 is 1.11 bits per heavy atom. The fourth-order valence-electron chi connectivity index (χ4n) is 2.46. The Bertz CT molecular complexity index is 1100. The van der Waals surface area contributed by atoms with E-state index < -0.39 is 14.8 Å². The first-order valence-corrected chi connectivity index (χ1v) is 9.43. The van der Waals surface area contributed by atoms with Gasteiger partial charge in [-0.1, -0.05) is 23.8 Å². The number of non-ortho nitro benzene ring substituents is 1.